The lowest BCUT2D eigenvalue weighted by molar-refractivity contribution is 0.426. The van der Waals surface area contributed by atoms with E-state index in [1.165, 1.54) is 0 Å². The Bertz CT molecular complexity index is 1020. The molecule has 1 aliphatic rings. The Labute approximate surface area is 160 Å². The van der Waals surface area contributed by atoms with E-state index in [9.17, 15) is 0 Å². The highest BCUT2D eigenvalue weighted by molar-refractivity contribution is 6.04. The number of anilines is 1. The van der Waals surface area contributed by atoms with Crippen LogP contribution in [0.3, 0.4) is 0 Å². The molecular formula is C21H28N6. The summed E-state index contributed by atoms with van der Waals surface area (Å²) in [5.74, 6) is 1.12. The summed E-state index contributed by atoms with van der Waals surface area (Å²) in [6, 6.07) is 8.35. The average molecular weight is 364 g/mol. The molecule has 0 amide bonds. The summed E-state index contributed by atoms with van der Waals surface area (Å²) in [5.41, 5.74) is 7.53. The lowest BCUT2D eigenvalue weighted by atomic mass is 9.97. The summed E-state index contributed by atoms with van der Waals surface area (Å²) in [6.45, 7) is 11.8. The number of nitrogens with one attached hydrogen (secondary N) is 1. The first-order valence-electron chi connectivity index (χ1n) is 9.81. The quantitative estimate of drug-likeness (QED) is 0.726. The van der Waals surface area contributed by atoms with Crippen LogP contribution in [0.5, 0.6) is 0 Å². The number of allylic oxidation sites excluding steroid dienone is 1. The van der Waals surface area contributed by atoms with E-state index in [1.54, 1.807) is 0 Å². The fourth-order valence-corrected chi connectivity index (χ4v) is 4.10. The highest BCUT2D eigenvalue weighted by Gasteiger charge is 2.32. The Balaban J connectivity index is 1.83. The van der Waals surface area contributed by atoms with E-state index >= 15 is 0 Å². The first-order valence-corrected chi connectivity index (χ1v) is 9.81. The van der Waals surface area contributed by atoms with Crippen LogP contribution in [-0.4, -0.2) is 25.3 Å². The second kappa shape index (κ2) is 6.60. The minimum Gasteiger partial charge on any atom is -0.323 e. The Morgan fingerprint density at radius 3 is 2.70 bits per heavy atom. The van der Waals surface area contributed by atoms with Gasteiger partial charge in [-0.1, -0.05) is 45.4 Å². The van der Waals surface area contributed by atoms with Crippen molar-refractivity contribution in [2.45, 2.75) is 59.5 Å². The summed E-state index contributed by atoms with van der Waals surface area (Å²) < 4.78 is 2.27. The zero-order chi connectivity index (χ0) is 19.2. The number of benzene rings is 1. The Hall–Kier alpha value is -2.47. The molecular weight excluding hydrogens is 336 g/mol. The van der Waals surface area contributed by atoms with Gasteiger partial charge in [-0.25, -0.2) is 10.4 Å². The number of para-hydroxylation sites is 1. The molecule has 1 N–H and O–H groups in total. The van der Waals surface area contributed by atoms with Crippen molar-refractivity contribution in [2.75, 3.05) is 5.01 Å². The summed E-state index contributed by atoms with van der Waals surface area (Å²) in [4.78, 5) is 4.94. The highest BCUT2D eigenvalue weighted by atomic mass is 15.6. The van der Waals surface area contributed by atoms with Crippen molar-refractivity contribution >= 4 is 28.0 Å². The molecule has 0 spiro atoms. The predicted molar refractivity (Wildman–Crippen MR) is 110 cm³/mol. The Morgan fingerprint density at radius 2 is 1.96 bits per heavy atom. The number of hydrogen-bond acceptors (Lipinski definition) is 5. The molecule has 0 bridgehead atoms. The van der Waals surface area contributed by atoms with E-state index in [0.717, 1.165) is 47.2 Å². The van der Waals surface area contributed by atoms with E-state index in [-0.39, 0.29) is 5.54 Å². The van der Waals surface area contributed by atoms with Crippen LogP contribution in [0.1, 0.15) is 47.5 Å². The molecule has 1 atom stereocenters. The largest absolute Gasteiger partial charge is 0.323 e. The van der Waals surface area contributed by atoms with Crippen LogP contribution >= 0.6 is 0 Å². The van der Waals surface area contributed by atoms with Gasteiger partial charge in [0.2, 0.25) is 0 Å². The molecule has 0 saturated heterocycles. The van der Waals surface area contributed by atoms with E-state index < -0.39 is 0 Å². The zero-order valence-corrected chi connectivity index (χ0v) is 16.8. The fraction of sp³-hybridized carbons (Fsp3) is 0.476. The van der Waals surface area contributed by atoms with Gasteiger partial charge in [-0.3, -0.25) is 0 Å². The van der Waals surface area contributed by atoms with E-state index in [0.29, 0.717) is 11.9 Å². The van der Waals surface area contributed by atoms with Gasteiger partial charge in [0.25, 0.3) is 5.95 Å². The van der Waals surface area contributed by atoms with Crippen LogP contribution < -0.4 is 10.4 Å². The van der Waals surface area contributed by atoms with Crippen molar-refractivity contribution < 1.29 is 0 Å². The van der Waals surface area contributed by atoms with Crippen LogP contribution in [0, 0.1) is 5.92 Å². The van der Waals surface area contributed by atoms with Crippen molar-refractivity contribution in [3.05, 3.63) is 36.0 Å². The molecule has 6 nitrogen and oxygen atoms in total. The molecule has 1 aromatic carbocycles. The maximum Gasteiger partial charge on any atom is 0.266 e. The molecule has 0 radical (unpaired) electrons. The molecule has 0 aliphatic carbocycles. The van der Waals surface area contributed by atoms with Gasteiger partial charge in [0.15, 0.2) is 5.65 Å². The van der Waals surface area contributed by atoms with Crippen LogP contribution in [0.2, 0.25) is 0 Å². The van der Waals surface area contributed by atoms with Gasteiger partial charge in [-0.05, 0) is 38.3 Å². The van der Waals surface area contributed by atoms with Gasteiger partial charge in [-0.15, -0.1) is 10.2 Å². The molecule has 142 valence electrons. The molecule has 1 aliphatic heterocycles. The number of hydrogen-bond donors (Lipinski definition) is 1. The van der Waals surface area contributed by atoms with E-state index in [2.05, 4.69) is 79.1 Å². The zero-order valence-electron chi connectivity index (χ0n) is 16.8. The molecule has 3 heterocycles. The number of nitrogens with zero attached hydrogens (tertiary/aromatic N) is 5. The second-order valence-electron chi connectivity index (χ2n) is 8.21. The van der Waals surface area contributed by atoms with Crippen molar-refractivity contribution in [3.8, 4) is 0 Å². The van der Waals surface area contributed by atoms with Crippen molar-refractivity contribution in [1.82, 2.24) is 25.2 Å². The van der Waals surface area contributed by atoms with Gasteiger partial charge >= 0.3 is 0 Å². The molecule has 0 fully saturated rings. The summed E-state index contributed by atoms with van der Waals surface area (Å²) >= 11 is 0. The van der Waals surface area contributed by atoms with Crippen LogP contribution in [0.25, 0.3) is 22.1 Å². The molecule has 6 heteroatoms. The van der Waals surface area contributed by atoms with Crippen molar-refractivity contribution in [3.63, 3.8) is 0 Å². The number of fused-ring (bicyclic) bond motifs is 3. The third kappa shape index (κ3) is 3.08. The molecule has 2 aromatic heterocycles. The molecule has 4 rings (SSSR count). The van der Waals surface area contributed by atoms with Gasteiger partial charge in [-0.2, -0.15) is 4.98 Å². The van der Waals surface area contributed by atoms with E-state index in [1.807, 2.05) is 11.1 Å². The number of aromatic nitrogens is 4. The third-order valence-corrected chi connectivity index (χ3v) is 5.13. The van der Waals surface area contributed by atoms with Gasteiger partial charge < -0.3 is 4.57 Å². The fourth-order valence-electron chi connectivity index (χ4n) is 4.10. The van der Waals surface area contributed by atoms with Crippen LogP contribution in [-0.2, 0) is 6.54 Å². The monoisotopic (exact) mass is 364 g/mol. The Kier molecular flexibility index (Phi) is 4.38. The molecule has 3 aromatic rings. The third-order valence-electron chi connectivity index (χ3n) is 5.13. The van der Waals surface area contributed by atoms with Gasteiger partial charge in [0, 0.05) is 17.6 Å². The SMILES string of the molecule is CCCC1(C)C=C(C)N(c2nnc3c4ccccc4n(CC(C)C)c3n2)N1. The topological polar surface area (TPSA) is 58.9 Å². The smallest absolute Gasteiger partial charge is 0.266 e. The minimum atomic E-state index is -0.0677. The lowest BCUT2D eigenvalue weighted by Gasteiger charge is -2.26. The molecule has 0 saturated carbocycles. The van der Waals surface area contributed by atoms with Crippen LogP contribution in [0.4, 0.5) is 5.95 Å². The van der Waals surface area contributed by atoms with Gasteiger partial charge in [0.1, 0.15) is 5.52 Å². The molecule has 27 heavy (non-hydrogen) atoms. The van der Waals surface area contributed by atoms with Crippen molar-refractivity contribution in [1.29, 1.82) is 0 Å². The van der Waals surface area contributed by atoms with Gasteiger partial charge in [0.05, 0.1) is 11.1 Å². The van der Waals surface area contributed by atoms with Crippen molar-refractivity contribution in [2.24, 2.45) is 5.92 Å². The first kappa shape index (κ1) is 17.9. The molecule has 1 unspecified atom stereocenters. The normalized spacial score (nSPS) is 20.2. The first-order chi connectivity index (χ1) is 12.9. The number of hydrazine groups is 1. The summed E-state index contributed by atoms with van der Waals surface area (Å²) in [6.07, 6.45) is 4.43. The standard InChI is InChI=1S/C21H28N6/c1-6-11-21(5)12-15(4)27(25-21)20-22-19-18(23-24-20)16-9-7-8-10-17(16)26(19)13-14(2)3/h7-10,12,14,25H,6,11,13H2,1-5H3. The minimum absolute atomic E-state index is 0.0677. The second-order valence-corrected chi connectivity index (χ2v) is 8.21. The highest BCUT2D eigenvalue weighted by Crippen LogP contribution is 2.30. The predicted octanol–water partition coefficient (Wildman–Crippen LogP) is 4.42. The maximum absolute atomic E-state index is 4.94. The van der Waals surface area contributed by atoms with Crippen LogP contribution in [0.15, 0.2) is 36.0 Å². The lowest BCUT2D eigenvalue weighted by Crippen LogP contribution is -2.45. The number of rotatable bonds is 5. The average Bonchev–Trinajstić information content (AvgIpc) is 3.09. The van der Waals surface area contributed by atoms with E-state index in [4.69, 9.17) is 4.98 Å². The maximum atomic E-state index is 4.94. The Morgan fingerprint density at radius 1 is 1.19 bits per heavy atom. The summed E-state index contributed by atoms with van der Waals surface area (Å²) in [7, 11) is 0. The summed E-state index contributed by atoms with van der Waals surface area (Å²) in [5, 5.41) is 12.1.